The summed E-state index contributed by atoms with van der Waals surface area (Å²) in [4.78, 5) is 28.7. The molecule has 6 heteroatoms. The third-order valence-electron chi connectivity index (χ3n) is 3.68. The predicted molar refractivity (Wildman–Crippen MR) is 92.7 cm³/mol. The van der Waals surface area contributed by atoms with Crippen molar-refractivity contribution in [1.82, 2.24) is 14.9 Å². The summed E-state index contributed by atoms with van der Waals surface area (Å²) in [5.41, 5.74) is 0.309. The number of halogens is 1. The summed E-state index contributed by atoms with van der Waals surface area (Å²) in [6.45, 7) is 6.24. The van der Waals surface area contributed by atoms with E-state index in [0.717, 1.165) is 12.8 Å². The van der Waals surface area contributed by atoms with Crippen LogP contribution in [0.4, 0.5) is 0 Å². The highest BCUT2D eigenvalue weighted by atomic mass is 35.5. The molecule has 0 spiro atoms. The second-order valence-corrected chi connectivity index (χ2v) is 6.72. The van der Waals surface area contributed by atoms with Gasteiger partial charge in [-0.15, -0.1) is 0 Å². The van der Waals surface area contributed by atoms with Crippen LogP contribution in [0, 0.1) is 5.92 Å². The molecule has 1 aromatic carbocycles. The van der Waals surface area contributed by atoms with Gasteiger partial charge >= 0.3 is 0 Å². The number of carbonyl (C=O) groups is 1. The number of fused-ring (bicyclic) bond motifs is 1. The fourth-order valence-electron chi connectivity index (χ4n) is 2.37. The van der Waals surface area contributed by atoms with Gasteiger partial charge in [-0.25, -0.2) is 4.98 Å². The van der Waals surface area contributed by atoms with Gasteiger partial charge in [-0.1, -0.05) is 25.4 Å². The summed E-state index contributed by atoms with van der Waals surface area (Å²) >= 11 is 5.92. The summed E-state index contributed by atoms with van der Waals surface area (Å²) in [6.07, 6.45) is 3.37. The molecule has 1 N–H and O–H groups in total. The minimum atomic E-state index is -0.262. The lowest BCUT2D eigenvalue weighted by molar-refractivity contribution is -0.122. The first-order valence-corrected chi connectivity index (χ1v) is 8.18. The molecule has 0 saturated heterocycles. The van der Waals surface area contributed by atoms with Gasteiger partial charge in [-0.2, -0.15) is 0 Å². The number of aromatic nitrogens is 2. The molecule has 0 fully saturated rings. The maximum absolute atomic E-state index is 12.4. The largest absolute Gasteiger partial charge is 0.352 e. The van der Waals surface area contributed by atoms with E-state index in [0.29, 0.717) is 21.8 Å². The third-order valence-corrected chi connectivity index (χ3v) is 3.92. The topological polar surface area (TPSA) is 64.0 Å². The van der Waals surface area contributed by atoms with E-state index in [4.69, 9.17) is 11.6 Å². The Labute approximate surface area is 140 Å². The maximum Gasteiger partial charge on any atom is 0.261 e. The molecule has 0 unspecified atom stereocenters. The van der Waals surface area contributed by atoms with E-state index in [-0.39, 0.29) is 24.1 Å². The van der Waals surface area contributed by atoms with Gasteiger partial charge in [0.1, 0.15) is 6.54 Å². The van der Waals surface area contributed by atoms with E-state index in [1.807, 2.05) is 6.92 Å². The Bertz CT molecular complexity index is 755. The van der Waals surface area contributed by atoms with Gasteiger partial charge in [0, 0.05) is 11.1 Å². The van der Waals surface area contributed by atoms with E-state index in [1.54, 1.807) is 18.2 Å². The van der Waals surface area contributed by atoms with Crippen molar-refractivity contribution in [3.05, 3.63) is 39.9 Å². The minimum absolute atomic E-state index is 0.0414. The lowest BCUT2D eigenvalue weighted by atomic mass is 10.0. The molecule has 5 nitrogen and oxygen atoms in total. The van der Waals surface area contributed by atoms with Crippen LogP contribution in [-0.2, 0) is 11.3 Å². The van der Waals surface area contributed by atoms with Crippen molar-refractivity contribution in [3.63, 3.8) is 0 Å². The van der Waals surface area contributed by atoms with Crippen molar-refractivity contribution in [3.8, 4) is 0 Å². The van der Waals surface area contributed by atoms with Gasteiger partial charge in [-0.3, -0.25) is 14.2 Å². The molecule has 1 atom stereocenters. The first-order valence-electron chi connectivity index (χ1n) is 7.81. The van der Waals surface area contributed by atoms with Crippen molar-refractivity contribution < 1.29 is 4.79 Å². The van der Waals surface area contributed by atoms with Crippen LogP contribution in [0.5, 0.6) is 0 Å². The fourth-order valence-corrected chi connectivity index (χ4v) is 2.55. The Morgan fingerprint density at radius 3 is 2.74 bits per heavy atom. The molecular formula is C17H22ClN3O2. The number of carbonyl (C=O) groups excluding carboxylic acids is 1. The van der Waals surface area contributed by atoms with Crippen LogP contribution < -0.4 is 10.9 Å². The van der Waals surface area contributed by atoms with Gasteiger partial charge in [0.05, 0.1) is 17.2 Å². The summed E-state index contributed by atoms with van der Waals surface area (Å²) in [6, 6.07) is 5.04. The van der Waals surface area contributed by atoms with Crippen LogP contribution in [0.15, 0.2) is 29.3 Å². The van der Waals surface area contributed by atoms with Crippen LogP contribution in [-0.4, -0.2) is 21.5 Å². The van der Waals surface area contributed by atoms with Crippen LogP contribution in [0.25, 0.3) is 10.9 Å². The lowest BCUT2D eigenvalue weighted by Crippen LogP contribution is -2.37. The Hall–Kier alpha value is -1.88. The number of nitrogens with zero attached hydrogens (tertiary/aromatic N) is 2. The van der Waals surface area contributed by atoms with E-state index in [1.165, 1.54) is 10.9 Å². The predicted octanol–water partition coefficient (Wildman–Crippen LogP) is 2.99. The smallest absolute Gasteiger partial charge is 0.261 e. The van der Waals surface area contributed by atoms with Gasteiger partial charge in [-0.05, 0) is 43.9 Å². The summed E-state index contributed by atoms with van der Waals surface area (Å²) in [5, 5.41) is 3.81. The molecule has 0 saturated carbocycles. The second-order valence-electron chi connectivity index (χ2n) is 6.28. The zero-order valence-corrected chi connectivity index (χ0v) is 14.4. The van der Waals surface area contributed by atoms with Crippen molar-refractivity contribution in [2.75, 3.05) is 0 Å². The molecule has 124 valence electrons. The van der Waals surface area contributed by atoms with Crippen molar-refractivity contribution in [2.24, 2.45) is 5.92 Å². The lowest BCUT2D eigenvalue weighted by Gasteiger charge is -2.15. The number of benzene rings is 1. The summed E-state index contributed by atoms with van der Waals surface area (Å²) in [5.74, 6) is 0.415. The van der Waals surface area contributed by atoms with Crippen LogP contribution in [0.3, 0.4) is 0 Å². The molecule has 0 radical (unpaired) electrons. The Kier molecular flexibility index (Phi) is 5.77. The molecular weight excluding hydrogens is 314 g/mol. The molecule has 0 aliphatic carbocycles. The van der Waals surface area contributed by atoms with E-state index >= 15 is 0 Å². The molecule has 1 heterocycles. The first-order chi connectivity index (χ1) is 10.9. The highest BCUT2D eigenvalue weighted by Crippen LogP contribution is 2.14. The van der Waals surface area contributed by atoms with Gasteiger partial charge in [0.25, 0.3) is 5.56 Å². The zero-order valence-electron chi connectivity index (χ0n) is 13.7. The van der Waals surface area contributed by atoms with Crippen molar-refractivity contribution in [1.29, 1.82) is 0 Å². The Morgan fingerprint density at radius 1 is 1.30 bits per heavy atom. The van der Waals surface area contributed by atoms with Crippen LogP contribution >= 0.6 is 11.6 Å². The number of hydrogen-bond donors (Lipinski definition) is 1. The number of nitrogens with one attached hydrogen (secondary N) is 1. The molecule has 23 heavy (non-hydrogen) atoms. The number of hydrogen-bond acceptors (Lipinski definition) is 3. The number of rotatable bonds is 6. The van der Waals surface area contributed by atoms with Crippen molar-refractivity contribution in [2.45, 2.75) is 46.2 Å². The van der Waals surface area contributed by atoms with Gasteiger partial charge in [0.2, 0.25) is 5.91 Å². The SMILES string of the molecule is CC(C)CC[C@@H](C)NC(=O)Cn1cnc2ccc(Cl)cc2c1=O. The highest BCUT2D eigenvalue weighted by molar-refractivity contribution is 6.31. The van der Waals surface area contributed by atoms with Crippen LogP contribution in [0.1, 0.15) is 33.6 Å². The minimum Gasteiger partial charge on any atom is -0.352 e. The Morgan fingerprint density at radius 2 is 2.04 bits per heavy atom. The molecule has 1 amide bonds. The molecule has 1 aromatic heterocycles. The molecule has 0 aliphatic heterocycles. The standard InChI is InChI=1S/C17H22ClN3O2/c1-11(2)4-5-12(3)20-16(22)9-21-10-19-15-7-6-13(18)8-14(15)17(21)23/h6-8,10-12H,4-5,9H2,1-3H3,(H,20,22)/t12-/m1/s1. The zero-order chi connectivity index (χ0) is 17.0. The Balaban J connectivity index is 2.08. The number of amides is 1. The first kappa shape index (κ1) is 17.5. The molecule has 2 rings (SSSR count). The molecule has 0 bridgehead atoms. The van der Waals surface area contributed by atoms with Gasteiger partial charge < -0.3 is 5.32 Å². The average Bonchev–Trinajstić information content (AvgIpc) is 2.48. The second kappa shape index (κ2) is 7.59. The fraction of sp³-hybridized carbons (Fsp3) is 0.471. The normalized spacial score (nSPS) is 12.6. The molecule has 2 aromatic rings. The van der Waals surface area contributed by atoms with E-state index in [9.17, 15) is 9.59 Å². The van der Waals surface area contributed by atoms with E-state index < -0.39 is 0 Å². The maximum atomic E-state index is 12.4. The van der Waals surface area contributed by atoms with Crippen LogP contribution in [0.2, 0.25) is 5.02 Å². The van der Waals surface area contributed by atoms with Crippen molar-refractivity contribution >= 4 is 28.4 Å². The average molecular weight is 336 g/mol. The summed E-state index contributed by atoms with van der Waals surface area (Å²) < 4.78 is 1.31. The van der Waals surface area contributed by atoms with Gasteiger partial charge in [0.15, 0.2) is 0 Å². The monoisotopic (exact) mass is 335 g/mol. The summed E-state index contributed by atoms with van der Waals surface area (Å²) in [7, 11) is 0. The third kappa shape index (κ3) is 4.79. The van der Waals surface area contributed by atoms with E-state index in [2.05, 4.69) is 24.1 Å². The highest BCUT2D eigenvalue weighted by Gasteiger charge is 2.11. The molecule has 0 aliphatic rings. The quantitative estimate of drug-likeness (QED) is 0.882.